The first kappa shape index (κ1) is 19.3. The summed E-state index contributed by atoms with van der Waals surface area (Å²) < 4.78 is 4.98. The molecule has 3 heterocycles. The van der Waals surface area contributed by atoms with Gasteiger partial charge in [-0.2, -0.15) is 0 Å². The number of ether oxygens (including phenoxy) is 1. The average molecular weight is 361 g/mol. The van der Waals surface area contributed by atoms with Crippen molar-refractivity contribution in [2.75, 3.05) is 46.5 Å². The van der Waals surface area contributed by atoms with Gasteiger partial charge in [-0.05, 0) is 56.8 Å². The van der Waals surface area contributed by atoms with Crippen LogP contribution in [0.2, 0.25) is 0 Å². The van der Waals surface area contributed by atoms with Crippen LogP contribution in [0, 0.1) is 18.3 Å². The van der Waals surface area contributed by atoms with E-state index in [2.05, 4.69) is 22.0 Å². The van der Waals surface area contributed by atoms with Crippen LogP contribution in [-0.2, 0) is 16.1 Å². The summed E-state index contributed by atoms with van der Waals surface area (Å²) in [6.45, 7) is 6.67. The molecule has 3 rings (SSSR count). The number of aromatic nitrogens is 1. The molecular weight excluding hydrogens is 330 g/mol. The minimum absolute atomic E-state index is 0.0313. The van der Waals surface area contributed by atoms with Crippen molar-refractivity contribution in [2.45, 2.75) is 32.7 Å². The zero-order valence-corrected chi connectivity index (χ0v) is 16.0. The van der Waals surface area contributed by atoms with Crippen LogP contribution >= 0.6 is 0 Å². The normalized spacial score (nSPS) is 23.3. The van der Waals surface area contributed by atoms with Gasteiger partial charge < -0.3 is 14.7 Å². The van der Waals surface area contributed by atoms with Crippen LogP contribution < -0.4 is 0 Å². The second-order valence-corrected chi connectivity index (χ2v) is 7.81. The predicted molar refractivity (Wildman–Crippen MR) is 99.6 cm³/mol. The average Bonchev–Trinajstić information content (AvgIpc) is 2.64. The number of aryl methyl sites for hydroxylation is 1. The first-order chi connectivity index (χ1) is 12.6. The second-order valence-electron chi connectivity index (χ2n) is 7.81. The predicted octanol–water partition coefficient (Wildman–Crippen LogP) is 1.46. The van der Waals surface area contributed by atoms with E-state index in [1.165, 1.54) is 0 Å². The monoisotopic (exact) mass is 361 g/mol. The van der Waals surface area contributed by atoms with Gasteiger partial charge in [0.2, 0.25) is 5.91 Å². The first-order valence-corrected chi connectivity index (χ1v) is 9.59. The third kappa shape index (κ3) is 4.24. The van der Waals surface area contributed by atoms with E-state index < -0.39 is 0 Å². The lowest BCUT2D eigenvalue weighted by molar-refractivity contribution is -0.142. The minimum atomic E-state index is 0.0313. The zero-order chi connectivity index (χ0) is 18.6. The van der Waals surface area contributed by atoms with Gasteiger partial charge in [0, 0.05) is 45.0 Å². The Labute approximate surface area is 156 Å². The summed E-state index contributed by atoms with van der Waals surface area (Å²) >= 11 is 0. The fourth-order valence-corrected chi connectivity index (χ4v) is 4.54. The highest BCUT2D eigenvalue weighted by Gasteiger charge is 2.45. The summed E-state index contributed by atoms with van der Waals surface area (Å²) in [5.41, 5.74) is 2.35. The van der Waals surface area contributed by atoms with E-state index in [0.717, 1.165) is 56.8 Å². The Bertz CT molecular complexity index is 614. The number of piperidine rings is 2. The molecule has 2 saturated heterocycles. The Kier molecular flexibility index (Phi) is 6.27. The van der Waals surface area contributed by atoms with Crippen molar-refractivity contribution < 1.29 is 14.6 Å². The maximum absolute atomic E-state index is 12.1. The van der Waals surface area contributed by atoms with E-state index >= 15 is 0 Å². The number of carbonyl (C=O) groups excluding carboxylic acids is 1. The number of methoxy groups -OCH3 is 1. The first-order valence-electron chi connectivity index (χ1n) is 9.59. The number of hydrogen-bond donors (Lipinski definition) is 1. The summed E-state index contributed by atoms with van der Waals surface area (Å²) in [7, 11) is 1.55. The Morgan fingerprint density at radius 1 is 1.31 bits per heavy atom. The fraction of sp³-hybridized carbons (Fsp3) is 0.700. The standard InChI is InChI=1S/C20H31N3O3/c1-16-4-3-5-18(21-16)13-22-9-6-20(7-10-22)8-11-23(12-17(20)14-24)19(25)15-26-2/h3-5,17,24H,6-15H2,1-2H3/t17-/m1/s1. The van der Waals surface area contributed by atoms with Crippen LogP contribution in [0.5, 0.6) is 0 Å². The molecule has 0 aliphatic carbocycles. The smallest absolute Gasteiger partial charge is 0.248 e. The molecule has 2 aliphatic rings. The van der Waals surface area contributed by atoms with E-state index in [9.17, 15) is 9.90 Å². The van der Waals surface area contributed by atoms with Crippen LogP contribution in [0.4, 0.5) is 0 Å². The molecule has 1 aromatic heterocycles. The molecular formula is C20H31N3O3. The van der Waals surface area contributed by atoms with Crippen molar-refractivity contribution in [3.63, 3.8) is 0 Å². The lowest BCUT2D eigenvalue weighted by atomic mass is 9.64. The van der Waals surface area contributed by atoms with Gasteiger partial charge in [0.15, 0.2) is 0 Å². The Morgan fingerprint density at radius 3 is 2.69 bits per heavy atom. The lowest BCUT2D eigenvalue weighted by Gasteiger charge is -2.51. The number of aliphatic hydroxyl groups excluding tert-OH is 1. The summed E-state index contributed by atoms with van der Waals surface area (Å²) in [6.07, 6.45) is 3.14. The third-order valence-corrected chi connectivity index (χ3v) is 6.21. The molecule has 0 saturated carbocycles. The maximum Gasteiger partial charge on any atom is 0.248 e. The minimum Gasteiger partial charge on any atom is -0.396 e. The third-order valence-electron chi connectivity index (χ3n) is 6.21. The Hall–Kier alpha value is -1.50. The zero-order valence-electron chi connectivity index (χ0n) is 16.0. The van der Waals surface area contributed by atoms with Crippen molar-refractivity contribution >= 4 is 5.91 Å². The van der Waals surface area contributed by atoms with Crippen LogP contribution in [0.25, 0.3) is 0 Å². The van der Waals surface area contributed by atoms with E-state index in [1.807, 2.05) is 17.9 Å². The van der Waals surface area contributed by atoms with Crippen LogP contribution in [0.1, 0.15) is 30.7 Å². The van der Waals surface area contributed by atoms with Crippen molar-refractivity contribution in [1.82, 2.24) is 14.8 Å². The van der Waals surface area contributed by atoms with E-state index in [4.69, 9.17) is 4.74 Å². The van der Waals surface area contributed by atoms with E-state index in [1.54, 1.807) is 7.11 Å². The number of hydrogen-bond acceptors (Lipinski definition) is 5. The molecule has 2 aliphatic heterocycles. The SMILES string of the molecule is COCC(=O)N1CCC2(CCN(Cc3cccc(C)n3)CC2)[C@@H](CO)C1. The van der Waals surface area contributed by atoms with E-state index in [-0.39, 0.29) is 30.5 Å². The number of pyridine rings is 1. The lowest BCUT2D eigenvalue weighted by Crippen LogP contribution is -2.55. The Morgan fingerprint density at radius 2 is 2.04 bits per heavy atom. The van der Waals surface area contributed by atoms with Crippen LogP contribution in [0.3, 0.4) is 0 Å². The molecule has 26 heavy (non-hydrogen) atoms. The van der Waals surface area contributed by atoms with Crippen molar-refractivity contribution in [3.8, 4) is 0 Å². The molecule has 2 fully saturated rings. The molecule has 1 atom stereocenters. The molecule has 0 unspecified atom stereocenters. The molecule has 1 aromatic rings. The van der Waals surface area contributed by atoms with Crippen LogP contribution in [-0.4, -0.2) is 72.3 Å². The van der Waals surface area contributed by atoms with E-state index in [0.29, 0.717) is 6.54 Å². The second kappa shape index (κ2) is 8.46. The number of aliphatic hydroxyl groups is 1. The molecule has 0 radical (unpaired) electrons. The molecule has 1 amide bonds. The molecule has 0 aromatic carbocycles. The summed E-state index contributed by atoms with van der Waals surface area (Å²) in [6, 6.07) is 6.19. The van der Waals surface area contributed by atoms with Gasteiger partial charge in [0.1, 0.15) is 6.61 Å². The fourth-order valence-electron chi connectivity index (χ4n) is 4.54. The van der Waals surface area contributed by atoms with Gasteiger partial charge in [-0.1, -0.05) is 6.07 Å². The quantitative estimate of drug-likeness (QED) is 0.860. The van der Waals surface area contributed by atoms with Gasteiger partial charge in [-0.3, -0.25) is 14.7 Å². The highest BCUT2D eigenvalue weighted by molar-refractivity contribution is 5.77. The molecule has 6 heteroatoms. The number of likely N-dealkylation sites (tertiary alicyclic amines) is 2. The van der Waals surface area contributed by atoms with Crippen molar-refractivity contribution in [1.29, 1.82) is 0 Å². The number of amides is 1. The number of nitrogens with zero attached hydrogens (tertiary/aromatic N) is 3. The summed E-state index contributed by atoms with van der Waals surface area (Å²) in [4.78, 5) is 21.1. The van der Waals surface area contributed by atoms with Crippen molar-refractivity contribution in [3.05, 3.63) is 29.6 Å². The van der Waals surface area contributed by atoms with Gasteiger partial charge in [0.05, 0.1) is 5.69 Å². The topological polar surface area (TPSA) is 65.9 Å². The molecule has 6 nitrogen and oxygen atoms in total. The van der Waals surface area contributed by atoms with Crippen molar-refractivity contribution in [2.24, 2.45) is 11.3 Å². The highest BCUT2D eigenvalue weighted by atomic mass is 16.5. The Balaban J connectivity index is 1.58. The van der Waals surface area contributed by atoms with Gasteiger partial charge in [0.25, 0.3) is 0 Å². The molecule has 1 N–H and O–H groups in total. The summed E-state index contributed by atoms with van der Waals surface area (Å²) in [5, 5.41) is 9.98. The molecule has 0 bridgehead atoms. The number of carbonyl (C=O) groups is 1. The maximum atomic E-state index is 12.1. The molecule has 144 valence electrons. The summed E-state index contributed by atoms with van der Waals surface area (Å²) in [5.74, 6) is 0.194. The number of rotatable bonds is 5. The molecule has 1 spiro atoms. The van der Waals surface area contributed by atoms with Gasteiger partial charge in [-0.25, -0.2) is 0 Å². The van der Waals surface area contributed by atoms with Gasteiger partial charge >= 0.3 is 0 Å². The van der Waals surface area contributed by atoms with Crippen LogP contribution in [0.15, 0.2) is 18.2 Å². The highest BCUT2D eigenvalue weighted by Crippen LogP contribution is 2.45. The van der Waals surface area contributed by atoms with Gasteiger partial charge in [-0.15, -0.1) is 0 Å². The largest absolute Gasteiger partial charge is 0.396 e.